The maximum Gasteiger partial charge on any atom is 0.345 e. The van der Waals surface area contributed by atoms with Gasteiger partial charge >= 0.3 is 10.2 Å². The van der Waals surface area contributed by atoms with Crippen molar-refractivity contribution in [1.82, 2.24) is 9.29 Å². The third-order valence-electron chi connectivity index (χ3n) is 2.48. The van der Waals surface area contributed by atoms with Crippen molar-refractivity contribution in [3.8, 4) is 0 Å². The zero-order chi connectivity index (χ0) is 14.2. The normalized spacial score (nSPS) is 17.9. The van der Waals surface area contributed by atoms with Gasteiger partial charge in [0.15, 0.2) is 0 Å². The van der Waals surface area contributed by atoms with E-state index in [1.165, 1.54) is 30.7 Å². The molecular weight excluding hydrogens is 290 g/mol. The molecule has 1 N–H and O–H groups in total. The quantitative estimate of drug-likeness (QED) is 0.838. The number of carbonyl (C=O) groups is 1. The number of likely N-dealkylation sites (N-methyl/N-ethyl adjacent to an activating group) is 1. The number of Topliss-reactive ketones (excluding diaryl/α,β-unsaturated/α-hetero) is 1. The van der Waals surface area contributed by atoms with Gasteiger partial charge in [-0.1, -0.05) is 0 Å². The van der Waals surface area contributed by atoms with Gasteiger partial charge in [-0.25, -0.2) is 4.98 Å². The van der Waals surface area contributed by atoms with E-state index >= 15 is 0 Å². The van der Waals surface area contributed by atoms with Crippen molar-refractivity contribution in [3.05, 3.63) is 27.9 Å². The van der Waals surface area contributed by atoms with Crippen LogP contribution in [0.25, 0.3) is 0 Å². The van der Waals surface area contributed by atoms with E-state index in [-0.39, 0.29) is 11.4 Å². The van der Waals surface area contributed by atoms with Crippen LogP contribution in [0.5, 0.6) is 0 Å². The Morgan fingerprint density at radius 2 is 2.21 bits per heavy atom. The summed E-state index contributed by atoms with van der Waals surface area (Å²) in [5, 5.41) is 9.64. The molecule has 0 atom stereocenters. The third kappa shape index (κ3) is 2.57. The Hall–Kier alpha value is -1.58. The van der Waals surface area contributed by atoms with Crippen LogP contribution in [0.4, 0.5) is 0 Å². The molecule has 0 aliphatic carbocycles. The number of carbonyl (C=O) groups excluding carboxylic acids is 1. The molecule has 7 nitrogen and oxygen atoms in total. The molecule has 1 aromatic rings. The van der Waals surface area contributed by atoms with Crippen LogP contribution in [-0.4, -0.2) is 48.0 Å². The van der Waals surface area contributed by atoms with Gasteiger partial charge in [-0.3, -0.25) is 9.10 Å². The molecule has 0 fully saturated rings. The molecule has 2 rings (SSSR count). The van der Waals surface area contributed by atoms with Crippen molar-refractivity contribution in [2.75, 3.05) is 13.7 Å². The topological polar surface area (TPSA) is 99.9 Å². The first-order valence-electron chi connectivity index (χ1n) is 5.22. The Morgan fingerprint density at radius 1 is 1.53 bits per heavy atom. The summed E-state index contributed by atoms with van der Waals surface area (Å²) in [4.78, 5) is 16.1. The number of hydrogen-bond acceptors (Lipinski definition) is 6. The van der Waals surface area contributed by atoms with Crippen LogP contribution in [0.2, 0.25) is 0 Å². The number of aromatic nitrogens is 1. The molecule has 0 aromatic carbocycles. The van der Waals surface area contributed by atoms with Crippen molar-refractivity contribution >= 4 is 33.0 Å². The molecular formula is C10H11N3O4S2. The van der Waals surface area contributed by atoms with E-state index in [4.69, 9.17) is 5.11 Å². The number of hydrogen-bond donors (Lipinski definition) is 1. The summed E-state index contributed by atoms with van der Waals surface area (Å²) in [6.45, 7) is 1.02. The second-order valence-corrected chi connectivity index (χ2v) is 6.64. The Kier molecular flexibility index (Phi) is 3.52. The highest BCUT2D eigenvalue weighted by Crippen LogP contribution is 2.22. The summed E-state index contributed by atoms with van der Waals surface area (Å²) in [5.41, 5.74) is 0.0408. The molecule has 9 heteroatoms. The lowest BCUT2D eigenvalue weighted by atomic mass is 10.2. The Bertz CT molecular complexity index is 687. The van der Waals surface area contributed by atoms with Gasteiger partial charge in [-0.05, 0) is 13.0 Å². The van der Waals surface area contributed by atoms with Crippen molar-refractivity contribution in [1.29, 1.82) is 0 Å². The van der Waals surface area contributed by atoms with Crippen molar-refractivity contribution < 1.29 is 18.3 Å². The lowest BCUT2D eigenvalue weighted by Gasteiger charge is -2.22. The number of aliphatic hydroxyl groups is 1. The third-order valence-corrected chi connectivity index (χ3v) is 4.73. The molecule has 0 spiro atoms. The Labute approximate surface area is 114 Å². The van der Waals surface area contributed by atoms with E-state index in [2.05, 4.69) is 9.38 Å². The van der Waals surface area contributed by atoms with Crippen LogP contribution >= 0.6 is 11.3 Å². The molecule has 0 unspecified atom stereocenters. The minimum absolute atomic E-state index is 0.112. The summed E-state index contributed by atoms with van der Waals surface area (Å²) in [5.74, 6) is -0.681. The molecule has 0 saturated carbocycles. The number of thiazole rings is 1. The SMILES string of the molecule is Cc1ncc(C2=NS(=O)(=O)N(C)C(C(=O)CO)=C2)s1. The average Bonchev–Trinajstić information content (AvgIpc) is 2.78. The summed E-state index contributed by atoms with van der Waals surface area (Å²) in [7, 11) is -2.74. The minimum atomic E-state index is -3.95. The standard InChI is InChI=1S/C10H11N3O4S2/c1-6-11-4-10(18-6)7-3-8(9(15)5-14)13(2)19(16,17)12-7/h3-4,14H,5H2,1-2H3. The lowest BCUT2D eigenvalue weighted by Crippen LogP contribution is -2.34. The summed E-state index contributed by atoms with van der Waals surface area (Å²) in [6.07, 6.45) is 2.84. The van der Waals surface area contributed by atoms with Crippen molar-refractivity contribution in [2.45, 2.75) is 6.92 Å². The maximum absolute atomic E-state index is 11.9. The first-order chi connectivity index (χ1) is 8.85. The number of nitrogens with zero attached hydrogens (tertiary/aromatic N) is 3. The van der Waals surface area contributed by atoms with E-state index in [0.29, 0.717) is 4.88 Å². The number of rotatable bonds is 3. The van der Waals surface area contributed by atoms with E-state index in [1.54, 1.807) is 6.92 Å². The van der Waals surface area contributed by atoms with E-state index < -0.39 is 22.6 Å². The predicted octanol–water partition coefficient (Wildman–Crippen LogP) is -0.124. The minimum Gasteiger partial charge on any atom is -0.388 e. The molecule has 0 saturated heterocycles. The lowest BCUT2D eigenvalue weighted by molar-refractivity contribution is -0.119. The number of aliphatic hydroxyl groups excluding tert-OH is 1. The zero-order valence-corrected chi connectivity index (χ0v) is 11.8. The second-order valence-electron chi connectivity index (χ2n) is 3.78. The molecule has 1 aliphatic rings. The highest BCUT2D eigenvalue weighted by atomic mass is 32.2. The summed E-state index contributed by atoms with van der Waals surface area (Å²) >= 11 is 1.27. The fourth-order valence-corrected chi connectivity index (χ4v) is 3.21. The van der Waals surface area contributed by atoms with E-state index in [0.717, 1.165) is 9.31 Å². The van der Waals surface area contributed by atoms with Gasteiger partial charge in [0, 0.05) is 13.2 Å². The van der Waals surface area contributed by atoms with Gasteiger partial charge in [0.05, 0.1) is 15.6 Å². The van der Waals surface area contributed by atoms with Gasteiger partial charge < -0.3 is 5.11 Å². The van der Waals surface area contributed by atoms with Gasteiger partial charge in [0.25, 0.3) is 0 Å². The smallest absolute Gasteiger partial charge is 0.345 e. The molecule has 0 radical (unpaired) electrons. The van der Waals surface area contributed by atoms with Crippen LogP contribution in [-0.2, 0) is 15.0 Å². The van der Waals surface area contributed by atoms with Crippen LogP contribution in [0.1, 0.15) is 9.88 Å². The van der Waals surface area contributed by atoms with Crippen LogP contribution in [0.3, 0.4) is 0 Å². The maximum atomic E-state index is 11.9. The number of ketones is 1. The molecule has 1 aliphatic heterocycles. The molecule has 0 bridgehead atoms. The Morgan fingerprint density at radius 3 is 2.74 bits per heavy atom. The molecule has 1 aromatic heterocycles. The van der Waals surface area contributed by atoms with Gasteiger partial charge in [-0.2, -0.15) is 8.42 Å². The van der Waals surface area contributed by atoms with Crippen LogP contribution < -0.4 is 0 Å². The number of allylic oxidation sites excluding steroid dienone is 1. The zero-order valence-electron chi connectivity index (χ0n) is 10.2. The highest BCUT2D eigenvalue weighted by Gasteiger charge is 2.29. The number of aryl methyl sites for hydroxylation is 1. The van der Waals surface area contributed by atoms with Gasteiger partial charge in [-0.15, -0.1) is 15.7 Å². The Balaban J connectivity index is 2.55. The summed E-state index contributed by atoms with van der Waals surface area (Å²) < 4.78 is 28.1. The molecule has 19 heavy (non-hydrogen) atoms. The van der Waals surface area contributed by atoms with E-state index in [9.17, 15) is 13.2 Å². The molecule has 102 valence electrons. The van der Waals surface area contributed by atoms with Crippen LogP contribution in [0.15, 0.2) is 22.4 Å². The van der Waals surface area contributed by atoms with Gasteiger partial charge in [0.1, 0.15) is 12.3 Å². The molecule has 2 heterocycles. The summed E-state index contributed by atoms with van der Waals surface area (Å²) in [6, 6.07) is 0. The fraction of sp³-hybridized carbons (Fsp3) is 0.300. The average molecular weight is 301 g/mol. The largest absolute Gasteiger partial charge is 0.388 e. The predicted molar refractivity (Wildman–Crippen MR) is 70.2 cm³/mol. The first kappa shape index (κ1) is 13.8. The van der Waals surface area contributed by atoms with Crippen molar-refractivity contribution in [2.24, 2.45) is 4.40 Å². The fourth-order valence-electron chi connectivity index (χ4n) is 1.49. The second kappa shape index (κ2) is 4.83. The van der Waals surface area contributed by atoms with Gasteiger partial charge in [0.2, 0.25) is 5.78 Å². The monoisotopic (exact) mass is 301 g/mol. The first-order valence-corrected chi connectivity index (χ1v) is 7.44. The van der Waals surface area contributed by atoms with E-state index in [1.807, 2.05) is 0 Å². The highest BCUT2D eigenvalue weighted by molar-refractivity contribution is 7.88. The van der Waals surface area contributed by atoms with Crippen molar-refractivity contribution in [3.63, 3.8) is 0 Å². The van der Waals surface area contributed by atoms with Crippen LogP contribution in [0, 0.1) is 6.92 Å². The molecule has 0 amide bonds.